The van der Waals surface area contributed by atoms with Crippen molar-refractivity contribution in [1.82, 2.24) is 10.2 Å². The molecule has 2 rings (SSSR count). The number of benzene rings is 1. The molecule has 6 nitrogen and oxygen atoms in total. The number of carbonyl (C=O) groups is 1. The van der Waals surface area contributed by atoms with Crippen LogP contribution >= 0.6 is 39.9 Å². The van der Waals surface area contributed by atoms with E-state index in [0.29, 0.717) is 13.1 Å². The predicted octanol–water partition coefficient (Wildman–Crippen LogP) is 3.15. The molecule has 3 atom stereocenters. The Balaban J connectivity index is 0.00000338. The van der Waals surface area contributed by atoms with Gasteiger partial charge in [0.2, 0.25) is 0 Å². The number of nitrogens with zero attached hydrogens (tertiary/aromatic N) is 2. The first-order valence-electron chi connectivity index (χ1n) is 8.40. The van der Waals surface area contributed by atoms with Crippen molar-refractivity contribution in [2.75, 3.05) is 33.8 Å². The zero-order valence-electron chi connectivity index (χ0n) is 15.6. The van der Waals surface area contributed by atoms with E-state index in [-0.39, 0.29) is 47.9 Å². The van der Waals surface area contributed by atoms with Crippen LogP contribution in [-0.4, -0.2) is 56.7 Å². The number of carbonyl (C=O) groups excluding carboxylic acids is 1. The van der Waals surface area contributed by atoms with Crippen LogP contribution in [0.4, 0.5) is 0 Å². The van der Waals surface area contributed by atoms with E-state index in [1.165, 1.54) is 7.11 Å². The Hall–Kier alpha value is -1.03. The average molecular weight is 540 g/mol. The molecule has 26 heavy (non-hydrogen) atoms. The average Bonchev–Trinajstić information content (AvgIpc) is 2.98. The summed E-state index contributed by atoms with van der Waals surface area (Å²) in [6.07, 6.45) is -0.0353. The van der Waals surface area contributed by atoms with Crippen molar-refractivity contribution in [1.29, 1.82) is 0 Å². The lowest BCUT2D eigenvalue weighted by molar-refractivity contribution is -0.145. The number of rotatable bonds is 5. The Morgan fingerprint density at radius 3 is 2.73 bits per heavy atom. The maximum Gasteiger partial charge on any atom is 0.310 e. The van der Waals surface area contributed by atoms with Crippen LogP contribution in [-0.2, 0) is 9.53 Å². The SMILES string of the molecule is CN=C(NCC(C)Oc1ccccc1Br)N1CC(C)C(C(=O)OC)C1.I. The number of likely N-dealkylation sites (tertiary alicyclic amines) is 1. The summed E-state index contributed by atoms with van der Waals surface area (Å²) < 4.78 is 11.8. The third-order valence-corrected chi connectivity index (χ3v) is 5.00. The lowest BCUT2D eigenvalue weighted by Gasteiger charge is -2.23. The van der Waals surface area contributed by atoms with Crippen molar-refractivity contribution < 1.29 is 14.3 Å². The number of guanidine groups is 1. The Morgan fingerprint density at radius 1 is 1.42 bits per heavy atom. The fraction of sp³-hybridized carbons (Fsp3) is 0.556. The molecule has 8 heteroatoms. The van der Waals surface area contributed by atoms with Crippen LogP contribution in [0.1, 0.15) is 13.8 Å². The van der Waals surface area contributed by atoms with Gasteiger partial charge >= 0.3 is 5.97 Å². The van der Waals surface area contributed by atoms with Gasteiger partial charge in [0.1, 0.15) is 11.9 Å². The highest BCUT2D eigenvalue weighted by molar-refractivity contribution is 14.0. The molecule has 1 fully saturated rings. The van der Waals surface area contributed by atoms with Gasteiger partial charge in [-0.3, -0.25) is 9.79 Å². The summed E-state index contributed by atoms with van der Waals surface area (Å²) in [4.78, 5) is 18.3. The highest BCUT2D eigenvalue weighted by Crippen LogP contribution is 2.25. The maximum atomic E-state index is 11.8. The first-order chi connectivity index (χ1) is 12.0. The molecule has 0 spiro atoms. The second kappa shape index (κ2) is 11.0. The minimum absolute atomic E-state index is 0. The molecule has 0 bridgehead atoms. The highest BCUT2D eigenvalue weighted by Gasteiger charge is 2.36. The smallest absolute Gasteiger partial charge is 0.310 e. The molecule has 0 aliphatic carbocycles. The zero-order valence-corrected chi connectivity index (χ0v) is 19.5. The molecule has 1 aromatic carbocycles. The number of esters is 1. The van der Waals surface area contributed by atoms with Crippen LogP contribution in [0.3, 0.4) is 0 Å². The summed E-state index contributed by atoms with van der Waals surface area (Å²) in [5.41, 5.74) is 0. The fourth-order valence-corrected chi connectivity index (χ4v) is 3.34. The number of hydrogen-bond acceptors (Lipinski definition) is 4. The van der Waals surface area contributed by atoms with Crippen molar-refractivity contribution >= 4 is 51.8 Å². The zero-order chi connectivity index (χ0) is 18.4. The number of ether oxygens (including phenoxy) is 2. The molecular formula is C18H27BrIN3O3. The van der Waals surface area contributed by atoms with Gasteiger partial charge in [-0.25, -0.2) is 0 Å². The number of aliphatic imine (C=N–C) groups is 1. The van der Waals surface area contributed by atoms with Crippen molar-refractivity contribution in [3.63, 3.8) is 0 Å². The summed E-state index contributed by atoms with van der Waals surface area (Å²) in [7, 11) is 3.18. The lowest BCUT2D eigenvalue weighted by Crippen LogP contribution is -2.44. The van der Waals surface area contributed by atoms with Crippen molar-refractivity contribution in [2.24, 2.45) is 16.8 Å². The molecule has 0 radical (unpaired) electrons. The fourth-order valence-electron chi connectivity index (χ4n) is 2.96. The lowest BCUT2D eigenvalue weighted by atomic mass is 9.99. The molecule has 1 saturated heterocycles. The van der Waals surface area contributed by atoms with Crippen LogP contribution in [0.2, 0.25) is 0 Å². The van der Waals surface area contributed by atoms with Gasteiger partial charge in [-0.05, 0) is 40.9 Å². The van der Waals surface area contributed by atoms with E-state index in [0.717, 1.165) is 22.7 Å². The molecule has 0 aromatic heterocycles. The van der Waals surface area contributed by atoms with Crippen molar-refractivity contribution in [2.45, 2.75) is 20.0 Å². The summed E-state index contributed by atoms with van der Waals surface area (Å²) >= 11 is 3.48. The first-order valence-corrected chi connectivity index (χ1v) is 9.20. The normalized spacial score (nSPS) is 21.0. The van der Waals surface area contributed by atoms with Crippen LogP contribution in [0.5, 0.6) is 5.75 Å². The molecule has 0 saturated carbocycles. The Labute approximate surface area is 180 Å². The van der Waals surface area contributed by atoms with Gasteiger partial charge in [-0.15, -0.1) is 24.0 Å². The van der Waals surface area contributed by atoms with Gasteiger partial charge in [0.15, 0.2) is 5.96 Å². The predicted molar refractivity (Wildman–Crippen MR) is 117 cm³/mol. The van der Waals surface area contributed by atoms with Crippen LogP contribution in [0.25, 0.3) is 0 Å². The molecule has 0 amide bonds. The van der Waals surface area contributed by atoms with Gasteiger partial charge in [-0.1, -0.05) is 19.1 Å². The molecule has 1 aliphatic heterocycles. The largest absolute Gasteiger partial charge is 0.488 e. The number of methoxy groups -OCH3 is 1. The molecule has 146 valence electrons. The Morgan fingerprint density at radius 2 is 2.12 bits per heavy atom. The van der Waals surface area contributed by atoms with Gasteiger partial charge in [-0.2, -0.15) is 0 Å². The van der Waals surface area contributed by atoms with Gasteiger partial charge in [0.25, 0.3) is 0 Å². The van der Waals surface area contributed by atoms with E-state index >= 15 is 0 Å². The summed E-state index contributed by atoms with van der Waals surface area (Å²) in [5.74, 6) is 1.56. The third-order valence-electron chi connectivity index (χ3n) is 4.34. The number of nitrogens with one attached hydrogen (secondary N) is 1. The standard InChI is InChI=1S/C18H26BrN3O3.HI/c1-12-10-22(11-14(12)17(23)24-4)18(20-3)21-9-13(2)25-16-8-6-5-7-15(16)19;/h5-8,12-14H,9-11H2,1-4H3,(H,20,21);1H. The maximum absolute atomic E-state index is 11.8. The first kappa shape index (κ1) is 23.0. The van der Waals surface area contributed by atoms with Crippen LogP contribution in [0, 0.1) is 11.8 Å². The highest BCUT2D eigenvalue weighted by atomic mass is 127. The van der Waals surface area contributed by atoms with E-state index in [1.807, 2.05) is 31.2 Å². The topological polar surface area (TPSA) is 63.2 Å². The van der Waals surface area contributed by atoms with E-state index in [1.54, 1.807) is 7.05 Å². The molecule has 1 N–H and O–H groups in total. The summed E-state index contributed by atoms with van der Waals surface area (Å²) in [5, 5.41) is 3.33. The number of hydrogen-bond donors (Lipinski definition) is 1. The second-order valence-corrected chi connectivity index (χ2v) is 7.15. The minimum Gasteiger partial charge on any atom is -0.488 e. The number of para-hydroxylation sites is 1. The number of halogens is 2. The van der Waals surface area contributed by atoms with Crippen molar-refractivity contribution in [3.05, 3.63) is 28.7 Å². The van der Waals surface area contributed by atoms with E-state index in [9.17, 15) is 4.79 Å². The molecule has 1 heterocycles. The Kier molecular flexibility index (Phi) is 9.70. The third kappa shape index (κ3) is 6.00. The second-order valence-electron chi connectivity index (χ2n) is 6.30. The summed E-state index contributed by atoms with van der Waals surface area (Å²) in [6, 6.07) is 7.78. The monoisotopic (exact) mass is 539 g/mol. The van der Waals surface area contributed by atoms with Crippen LogP contribution < -0.4 is 10.1 Å². The quantitative estimate of drug-likeness (QED) is 0.269. The Bertz CT molecular complexity index is 629. The molecule has 1 aromatic rings. The van der Waals surface area contributed by atoms with E-state index in [2.05, 4.69) is 38.1 Å². The van der Waals surface area contributed by atoms with Crippen LogP contribution in [0.15, 0.2) is 33.7 Å². The minimum atomic E-state index is -0.156. The van der Waals surface area contributed by atoms with E-state index < -0.39 is 0 Å². The van der Waals surface area contributed by atoms with Gasteiger partial charge < -0.3 is 19.7 Å². The molecular weight excluding hydrogens is 513 g/mol. The van der Waals surface area contributed by atoms with Crippen molar-refractivity contribution in [3.8, 4) is 5.75 Å². The summed E-state index contributed by atoms with van der Waals surface area (Å²) in [6.45, 7) is 6.07. The van der Waals surface area contributed by atoms with Gasteiger partial charge in [0.05, 0.1) is 24.0 Å². The molecule has 3 unspecified atom stereocenters. The van der Waals surface area contributed by atoms with E-state index in [4.69, 9.17) is 9.47 Å². The molecule has 1 aliphatic rings. The van der Waals surface area contributed by atoms with Gasteiger partial charge in [0, 0.05) is 20.1 Å².